The summed E-state index contributed by atoms with van der Waals surface area (Å²) in [5, 5.41) is 0. The third-order valence-corrected chi connectivity index (χ3v) is 2.39. The molecular weight excluding hydrogens is 172 g/mol. The highest BCUT2D eigenvalue weighted by Crippen LogP contribution is 2.12. The minimum Gasteiger partial charge on any atom is -0.301 e. The Bertz CT molecular complexity index is 281. The number of hydrogen-bond donors (Lipinski definition) is 0. The van der Waals surface area contributed by atoms with Gasteiger partial charge in [-0.05, 0) is 31.6 Å². The molecule has 78 valence electrons. The van der Waals surface area contributed by atoms with Crippen LogP contribution in [0.4, 0.5) is 0 Å². The van der Waals surface area contributed by atoms with E-state index in [1.54, 1.807) is 0 Å². The van der Waals surface area contributed by atoms with Gasteiger partial charge in [0, 0.05) is 12.2 Å². The summed E-state index contributed by atoms with van der Waals surface area (Å²) in [6.45, 7) is 8.52. The van der Waals surface area contributed by atoms with Crippen molar-refractivity contribution in [2.45, 2.75) is 33.2 Å². The van der Waals surface area contributed by atoms with Gasteiger partial charge in [0.25, 0.3) is 0 Å². The van der Waals surface area contributed by atoms with Crippen molar-refractivity contribution in [2.24, 2.45) is 0 Å². The molecule has 0 N–H and O–H groups in total. The van der Waals surface area contributed by atoms with Crippen molar-refractivity contribution in [3.63, 3.8) is 0 Å². The van der Waals surface area contributed by atoms with Gasteiger partial charge < -0.3 is 4.90 Å². The highest BCUT2D eigenvalue weighted by Gasteiger charge is 2.03. The molecule has 0 aliphatic rings. The van der Waals surface area contributed by atoms with E-state index in [1.807, 2.05) is 0 Å². The summed E-state index contributed by atoms with van der Waals surface area (Å²) in [7, 11) is 2.11. The first-order chi connectivity index (χ1) is 6.63. The molecular formula is C12H20N2. The summed E-state index contributed by atoms with van der Waals surface area (Å²) in [6, 6.07) is 6.29. The summed E-state index contributed by atoms with van der Waals surface area (Å²) in [4.78, 5) is 6.87. The van der Waals surface area contributed by atoms with Gasteiger partial charge in [0.15, 0.2) is 0 Å². The molecule has 0 amide bonds. The van der Waals surface area contributed by atoms with E-state index in [2.05, 4.69) is 55.9 Å². The zero-order valence-electron chi connectivity index (χ0n) is 9.62. The molecule has 0 atom stereocenters. The quantitative estimate of drug-likeness (QED) is 0.729. The minimum absolute atomic E-state index is 0.516. The van der Waals surface area contributed by atoms with Crippen molar-refractivity contribution in [1.29, 1.82) is 0 Å². The van der Waals surface area contributed by atoms with Crippen molar-refractivity contribution in [1.82, 2.24) is 9.88 Å². The highest BCUT2D eigenvalue weighted by atomic mass is 15.1. The van der Waals surface area contributed by atoms with Gasteiger partial charge in [0.05, 0.1) is 5.69 Å². The molecule has 0 aromatic carbocycles. The molecule has 0 saturated heterocycles. The predicted molar refractivity (Wildman–Crippen MR) is 60.3 cm³/mol. The monoisotopic (exact) mass is 192 g/mol. The lowest BCUT2D eigenvalue weighted by Crippen LogP contribution is -2.17. The third-order valence-electron chi connectivity index (χ3n) is 2.39. The second-order valence-electron chi connectivity index (χ2n) is 4.04. The van der Waals surface area contributed by atoms with Crippen LogP contribution in [0.5, 0.6) is 0 Å². The van der Waals surface area contributed by atoms with Gasteiger partial charge in [0.1, 0.15) is 0 Å². The van der Waals surface area contributed by atoms with Gasteiger partial charge in [-0.3, -0.25) is 4.98 Å². The first kappa shape index (κ1) is 11.2. The summed E-state index contributed by atoms with van der Waals surface area (Å²) in [6.07, 6.45) is 0. The molecule has 0 aliphatic heterocycles. The maximum Gasteiger partial charge on any atom is 0.0547 e. The van der Waals surface area contributed by atoms with Crippen molar-refractivity contribution in [2.75, 3.05) is 13.6 Å². The number of pyridine rings is 1. The Morgan fingerprint density at radius 1 is 1.36 bits per heavy atom. The molecule has 0 fully saturated rings. The summed E-state index contributed by atoms with van der Waals surface area (Å²) in [5.74, 6) is 0.516. The van der Waals surface area contributed by atoms with Crippen LogP contribution in [0.2, 0.25) is 0 Å². The Hall–Kier alpha value is -0.890. The van der Waals surface area contributed by atoms with Crippen LogP contribution in [0.1, 0.15) is 38.1 Å². The fourth-order valence-corrected chi connectivity index (χ4v) is 1.30. The van der Waals surface area contributed by atoms with Gasteiger partial charge in [-0.15, -0.1) is 0 Å². The fourth-order valence-electron chi connectivity index (χ4n) is 1.30. The Morgan fingerprint density at radius 3 is 2.64 bits per heavy atom. The van der Waals surface area contributed by atoms with Crippen LogP contribution < -0.4 is 0 Å². The number of nitrogens with zero attached hydrogens (tertiary/aromatic N) is 2. The Morgan fingerprint density at radius 2 is 2.07 bits per heavy atom. The second kappa shape index (κ2) is 5.11. The number of aromatic nitrogens is 1. The van der Waals surface area contributed by atoms with Crippen LogP contribution in [-0.4, -0.2) is 23.5 Å². The lowest BCUT2D eigenvalue weighted by molar-refractivity contribution is 0.341. The lowest BCUT2D eigenvalue weighted by atomic mass is 10.1. The molecule has 1 rings (SSSR count). The molecule has 0 radical (unpaired) electrons. The van der Waals surface area contributed by atoms with Crippen molar-refractivity contribution < 1.29 is 0 Å². The molecule has 0 aliphatic carbocycles. The molecule has 0 saturated carbocycles. The summed E-state index contributed by atoms with van der Waals surface area (Å²) >= 11 is 0. The molecule has 2 heteroatoms. The first-order valence-corrected chi connectivity index (χ1v) is 5.27. The normalized spacial score (nSPS) is 11.3. The molecule has 0 spiro atoms. The van der Waals surface area contributed by atoms with Crippen molar-refractivity contribution in [3.05, 3.63) is 29.6 Å². The smallest absolute Gasteiger partial charge is 0.0547 e. The van der Waals surface area contributed by atoms with Crippen molar-refractivity contribution in [3.8, 4) is 0 Å². The average molecular weight is 192 g/mol. The van der Waals surface area contributed by atoms with Gasteiger partial charge in [-0.1, -0.05) is 26.8 Å². The maximum atomic E-state index is 4.62. The molecule has 14 heavy (non-hydrogen) atoms. The largest absolute Gasteiger partial charge is 0.301 e. The first-order valence-electron chi connectivity index (χ1n) is 5.27. The van der Waals surface area contributed by atoms with Crippen LogP contribution in [0.15, 0.2) is 18.2 Å². The second-order valence-corrected chi connectivity index (χ2v) is 4.04. The Kier molecular flexibility index (Phi) is 4.08. The topological polar surface area (TPSA) is 16.1 Å². The Balaban J connectivity index is 2.73. The van der Waals surface area contributed by atoms with Gasteiger partial charge in [-0.25, -0.2) is 0 Å². The van der Waals surface area contributed by atoms with E-state index in [1.165, 1.54) is 11.4 Å². The van der Waals surface area contributed by atoms with Gasteiger partial charge in [-0.2, -0.15) is 0 Å². The van der Waals surface area contributed by atoms with E-state index >= 15 is 0 Å². The fraction of sp³-hybridized carbons (Fsp3) is 0.583. The van der Waals surface area contributed by atoms with Crippen molar-refractivity contribution >= 4 is 0 Å². The molecule has 0 unspecified atom stereocenters. The van der Waals surface area contributed by atoms with E-state index in [0.717, 1.165) is 13.1 Å². The van der Waals surface area contributed by atoms with Crippen LogP contribution in [0.25, 0.3) is 0 Å². The summed E-state index contributed by atoms with van der Waals surface area (Å²) < 4.78 is 0. The predicted octanol–water partition coefficient (Wildman–Crippen LogP) is 2.66. The standard InChI is InChI=1S/C12H20N2/c1-5-14(4)9-11-7-6-8-12(13-11)10(2)3/h6-8,10H,5,9H2,1-4H3. The molecule has 1 aromatic rings. The minimum atomic E-state index is 0.516. The maximum absolute atomic E-state index is 4.62. The van der Waals surface area contributed by atoms with Gasteiger partial charge >= 0.3 is 0 Å². The molecule has 1 heterocycles. The molecule has 2 nitrogen and oxygen atoms in total. The SMILES string of the molecule is CCN(C)Cc1cccc(C(C)C)n1. The summed E-state index contributed by atoms with van der Waals surface area (Å²) in [5.41, 5.74) is 2.35. The zero-order chi connectivity index (χ0) is 10.6. The average Bonchev–Trinajstić information content (AvgIpc) is 2.18. The van der Waals surface area contributed by atoms with E-state index in [4.69, 9.17) is 0 Å². The lowest BCUT2D eigenvalue weighted by Gasteiger charge is -2.14. The molecule has 0 bridgehead atoms. The van der Waals surface area contributed by atoms with Crippen LogP contribution >= 0.6 is 0 Å². The van der Waals surface area contributed by atoms with Gasteiger partial charge in [0.2, 0.25) is 0 Å². The Labute approximate surface area is 87.0 Å². The van der Waals surface area contributed by atoms with E-state index < -0.39 is 0 Å². The van der Waals surface area contributed by atoms with E-state index in [0.29, 0.717) is 5.92 Å². The van der Waals surface area contributed by atoms with Crippen LogP contribution in [0.3, 0.4) is 0 Å². The van der Waals surface area contributed by atoms with E-state index in [-0.39, 0.29) is 0 Å². The highest BCUT2D eigenvalue weighted by molar-refractivity contribution is 5.13. The zero-order valence-corrected chi connectivity index (χ0v) is 9.62. The van der Waals surface area contributed by atoms with Crippen LogP contribution in [-0.2, 0) is 6.54 Å². The number of rotatable bonds is 4. The van der Waals surface area contributed by atoms with Crippen LogP contribution in [0, 0.1) is 0 Å². The van der Waals surface area contributed by atoms with E-state index in [9.17, 15) is 0 Å². The molecule has 1 aromatic heterocycles. The third kappa shape index (κ3) is 3.11. The number of hydrogen-bond acceptors (Lipinski definition) is 2.